The van der Waals surface area contributed by atoms with Gasteiger partial charge in [-0.1, -0.05) is 36.4 Å². The van der Waals surface area contributed by atoms with E-state index in [0.717, 1.165) is 12.0 Å². The standard InChI is InChI=1S/C22H28N2O4/c1-17(25)24(13-11-18-7-5-4-6-8-18)14-12-22(26)23-16-19-9-10-20(27-2)21(15-19)28-3/h4-10,15H,11-14,16H2,1-3H3,(H,23,26). The first-order chi connectivity index (χ1) is 13.5. The van der Waals surface area contributed by atoms with E-state index in [-0.39, 0.29) is 18.2 Å². The second-order valence-electron chi connectivity index (χ2n) is 6.46. The molecule has 2 rings (SSSR count). The van der Waals surface area contributed by atoms with Crippen molar-refractivity contribution in [2.75, 3.05) is 27.3 Å². The first-order valence-corrected chi connectivity index (χ1v) is 9.30. The zero-order chi connectivity index (χ0) is 20.4. The Hall–Kier alpha value is -3.02. The predicted molar refractivity (Wildman–Crippen MR) is 108 cm³/mol. The maximum absolute atomic E-state index is 12.2. The number of nitrogens with one attached hydrogen (secondary N) is 1. The quantitative estimate of drug-likeness (QED) is 0.684. The fourth-order valence-corrected chi connectivity index (χ4v) is 2.85. The second kappa shape index (κ2) is 11.0. The molecule has 0 aromatic heterocycles. The Balaban J connectivity index is 1.80. The van der Waals surface area contributed by atoms with Crippen LogP contribution in [0, 0.1) is 0 Å². The van der Waals surface area contributed by atoms with Gasteiger partial charge in [0.05, 0.1) is 14.2 Å². The van der Waals surface area contributed by atoms with Crippen molar-refractivity contribution in [2.24, 2.45) is 0 Å². The summed E-state index contributed by atoms with van der Waals surface area (Å²) in [5.74, 6) is 1.15. The highest BCUT2D eigenvalue weighted by Gasteiger charge is 2.12. The molecule has 2 aromatic rings. The summed E-state index contributed by atoms with van der Waals surface area (Å²) in [5, 5.41) is 2.88. The molecule has 0 aliphatic rings. The smallest absolute Gasteiger partial charge is 0.222 e. The molecule has 0 heterocycles. The van der Waals surface area contributed by atoms with E-state index in [1.807, 2.05) is 42.5 Å². The lowest BCUT2D eigenvalue weighted by Gasteiger charge is -2.21. The summed E-state index contributed by atoms with van der Waals surface area (Å²) in [7, 11) is 3.16. The second-order valence-corrected chi connectivity index (χ2v) is 6.46. The molecule has 0 atom stereocenters. The average Bonchev–Trinajstić information content (AvgIpc) is 2.72. The monoisotopic (exact) mass is 384 g/mol. The molecule has 0 saturated carbocycles. The Morgan fingerprint density at radius 1 is 0.929 bits per heavy atom. The number of nitrogens with zero attached hydrogens (tertiary/aromatic N) is 1. The largest absolute Gasteiger partial charge is 0.493 e. The van der Waals surface area contributed by atoms with Gasteiger partial charge < -0.3 is 19.7 Å². The van der Waals surface area contributed by atoms with Gasteiger partial charge in [-0.3, -0.25) is 9.59 Å². The molecule has 6 nitrogen and oxygen atoms in total. The number of amides is 2. The van der Waals surface area contributed by atoms with Crippen LogP contribution in [0.25, 0.3) is 0 Å². The fourth-order valence-electron chi connectivity index (χ4n) is 2.85. The number of hydrogen-bond donors (Lipinski definition) is 1. The number of ether oxygens (including phenoxy) is 2. The predicted octanol–water partition coefficient (Wildman–Crippen LogP) is 2.80. The SMILES string of the molecule is COc1ccc(CNC(=O)CCN(CCc2ccccc2)C(C)=O)cc1OC. The van der Waals surface area contributed by atoms with Gasteiger partial charge in [0.15, 0.2) is 11.5 Å². The molecule has 0 fully saturated rings. The van der Waals surface area contributed by atoms with Crippen LogP contribution in [-0.4, -0.2) is 44.0 Å². The molecule has 0 aliphatic carbocycles. The van der Waals surface area contributed by atoms with Gasteiger partial charge in [0.2, 0.25) is 11.8 Å². The Morgan fingerprint density at radius 3 is 2.29 bits per heavy atom. The van der Waals surface area contributed by atoms with Crippen molar-refractivity contribution in [3.05, 3.63) is 59.7 Å². The molecule has 0 unspecified atom stereocenters. The van der Waals surface area contributed by atoms with Crippen LogP contribution < -0.4 is 14.8 Å². The molecule has 0 spiro atoms. The number of carbonyl (C=O) groups is 2. The molecule has 1 N–H and O–H groups in total. The van der Waals surface area contributed by atoms with Gasteiger partial charge in [0.25, 0.3) is 0 Å². The van der Waals surface area contributed by atoms with Crippen LogP contribution in [0.2, 0.25) is 0 Å². The fraction of sp³-hybridized carbons (Fsp3) is 0.364. The highest BCUT2D eigenvalue weighted by molar-refractivity contribution is 5.78. The van der Waals surface area contributed by atoms with Gasteiger partial charge in [0.1, 0.15) is 0 Å². The van der Waals surface area contributed by atoms with Crippen LogP contribution in [-0.2, 0) is 22.6 Å². The van der Waals surface area contributed by atoms with E-state index >= 15 is 0 Å². The number of hydrogen-bond acceptors (Lipinski definition) is 4. The van der Waals surface area contributed by atoms with Gasteiger partial charge in [0, 0.05) is 33.0 Å². The maximum atomic E-state index is 12.2. The van der Waals surface area contributed by atoms with E-state index in [9.17, 15) is 9.59 Å². The highest BCUT2D eigenvalue weighted by atomic mass is 16.5. The van der Waals surface area contributed by atoms with Crippen LogP contribution in [0.4, 0.5) is 0 Å². The van der Waals surface area contributed by atoms with Crippen molar-refractivity contribution >= 4 is 11.8 Å². The number of benzene rings is 2. The summed E-state index contributed by atoms with van der Waals surface area (Å²) >= 11 is 0. The van der Waals surface area contributed by atoms with Gasteiger partial charge in [-0.05, 0) is 29.7 Å². The van der Waals surface area contributed by atoms with Crippen LogP contribution in [0.3, 0.4) is 0 Å². The topological polar surface area (TPSA) is 67.9 Å². The van der Waals surface area contributed by atoms with Crippen molar-refractivity contribution in [3.8, 4) is 11.5 Å². The molecular formula is C22H28N2O4. The minimum atomic E-state index is -0.0965. The third-order valence-corrected chi connectivity index (χ3v) is 4.50. The number of methoxy groups -OCH3 is 2. The van der Waals surface area contributed by atoms with Crippen molar-refractivity contribution in [1.82, 2.24) is 10.2 Å². The third kappa shape index (κ3) is 6.61. The van der Waals surface area contributed by atoms with Crippen LogP contribution in [0.15, 0.2) is 48.5 Å². The van der Waals surface area contributed by atoms with E-state index in [1.54, 1.807) is 25.2 Å². The molecule has 0 radical (unpaired) electrons. The zero-order valence-electron chi connectivity index (χ0n) is 16.7. The van der Waals surface area contributed by atoms with E-state index in [4.69, 9.17) is 9.47 Å². The van der Waals surface area contributed by atoms with Gasteiger partial charge >= 0.3 is 0 Å². The van der Waals surface area contributed by atoms with Gasteiger partial charge in [-0.2, -0.15) is 0 Å². The van der Waals surface area contributed by atoms with E-state index in [2.05, 4.69) is 5.32 Å². The Morgan fingerprint density at radius 2 is 1.64 bits per heavy atom. The van der Waals surface area contributed by atoms with Gasteiger partial charge in [-0.25, -0.2) is 0 Å². The first-order valence-electron chi connectivity index (χ1n) is 9.30. The van der Waals surface area contributed by atoms with Crippen molar-refractivity contribution in [1.29, 1.82) is 0 Å². The number of rotatable bonds is 10. The molecule has 6 heteroatoms. The molecule has 150 valence electrons. The molecular weight excluding hydrogens is 356 g/mol. The third-order valence-electron chi connectivity index (χ3n) is 4.50. The minimum Gasteiger partial charge on any atom is -0.493 e. The normalized spacial score (nSPS) is 10.2. The summed E-state index contributed by atoms with van der Waals surface area (Å²) in [6.07, 6.45) is 1.04. The van der Waals surface area contributed by atoms with Crippen molar-refractivity contribution in [3.63, 3.8) is 0 Å². The van der Waals surface area contributed by atoms with E-state index in [1.165, 1.54) is 12.5 Å². The molecule has 2 aromatic carbocycles. The lowest BCUT2D eigenvalue weighted by Crippen LogP contribution is -2.35. The average molecular weight is 384 g/mol. The molecule has 28 heavy (non-hydrogen) atoms. The zero-order valence-corrected chi connectivity index (χ0v) is 16.7. The number of carbonyl (C=O) groups excluding carboxylic acids is 2. The van der Waals surface area contributed by atoms with Gasteiger partial charge in [-0.15, -0.1) is 0 Å². The van der Waals surface area contributed by atoms with Crippen molar-refractivity contribution in [2.45, 2.75) is 26.3 Å². The first kappa shape index (κ1) is 21.3. The summed E-state index contributed by atoms with van der Waals surface area (Å²) in [6.45, 7) is 2.93. The highest BCUT2D eigenvalue weighted by Crippen LogP contribution is 2.27. The van der Waals surface area contributed by atoms with E-state index < -0.39 is 0 Å². The molecule has 2 amide bonds. The lowest BCUT2D eigenvalue weighted by atomic mass is 10.1. The summed E-state index contributed by atoms with van der Waals surface area (Å²) in [4.78, 5) is 25.8. The summed E-state index contributed by atoms with van der Waals surface area (Å²) in [5.41, 5.74) is 2.09. The lowest BCUT2D eigenvalue weighted by molar-refractivity contribution is -0.129. The van der Waals surface area contributed by atoms with Crippen LogP contribution in [0.5, 0.6) is 11.5 Å². The van der Waals surface area contributed by atoms with E-state index in [0.29, 0.717) is 31.1 Å². The Labute approximate surface area is 166 Å². The summed E-state index contributed by atoms with van der Waals surface area (Å²) in [6, 6.07) is 15.5. The Kier molecular flexibility index (Phi) is 8.34. The maximum Gasteiger partial charge on any atom is 0.222 e. The van der Waals surface area contributed by atoms with Crippen LogP contribution in [0.1, 0.15) is 24.5 Å². The summed E-state index contributed by atoms with van der Waals surface area (Å²) < 4.78 is 10.5. The van der Waals surface area contributed by atoms with Crippen molar-refractivity contribution < 1.29 is 19.1 Å². The molecule has 0 aliphatic heterocycles. The molecule has 0 bridgehead atoms. The minimum absolute atomic E-state index is 0.0244. The van der Waals surface area contributed by atoms with Crippen LogP contribution >= 0.6 is 0 Å². The Bertz CT molecular complexity index is 777. The molecule has 0 saturated heterocycles.